The van der Waals surface area contributed by atoms with E-state index in [1.807, 2.05) is 19.2 Å². The van der Waals surface area contributed by atoms with Crippen LogP contribution in [0.25, 0.3) is 0 Å². The zero-order valence-electron chi connectivity index (χ0n) is 9.30. The molecule has 2 heterocycles. The summed E-state index contributed by atoms with van der Waals surface area (Å²) in [4.78, 5) is 8.64. The molecule has 86 valence electrons. The molecule has 2 aromatic rings. The average Bonchev–Trinajstić information content (AvgIpc) is 2.87. The van der Waals surface area contributed by atoms with Crippen LogP contribution in [0.3, 0.4) is 0 Å². The molecule has 0 spiro atoms. The zero-order valence-corrected chi connectivity index (χ0v) is 10.1. The average molecular weight is 238 g/mol. The number of aryl methyl sites for hydroxylation is 1. The van der Waals surface area contributed by atoms with Gasteiger partial charge < -0.3 is 10.3 Å². The van der Waals surface area contributed by atoms with Crippen LogP contribution in [-0.4, -0.2) is 21.7 Å². The molecular formula is C10H14N4OS. The Balaban J connectivity index is 2.08. The van der Waals surface area contributed by atoms with E-state index in [4.69, 9.17) is 10.3 Å². The summed E-state index contributed by atoms with van der Waals surface area (Å²) >= 11 is 1.62. The third-order valence-electron chi connectivity index (χ3n) is 2.26. The molecule has 6 heteroatoms. The molecule has 16 heavy (non-hydrogen) atoms. The number of nitrogens with zero attached hydrogens (tertiary/aromatic N) is 3. The molecule has 1 atom stereocenters. The summed E-state index contributed by atoms with van der Waals surface area (Å²) in [5.41, 5.74) is 6.51. The van der Waals surface area contributed by atoms with Crippen molar-refractivity contribution in [3.05, 3.63) is 27.8 Å². The summed E-state index contributed by atoms with van der Waals surface area (Å²) < 4.78 is 5.13. The molecule has 0 bridgehead atoms. The molecule has 1 unspecified atom stereocenters. The minimum absolute atomic E-state index is 0.110. The van der Waals surface area contributed by atoms with Gasteiger partial charge in [0.1, 0.15) is 0 Å². The van der Waals surface area contributed by atoms with Crippen molar-refractivity contribution in [2.24, 2.45) is 5.73 Å². The van der Waals surface area contributed by atoms with Gasteiger partial charge in [-0.25, -0.2) is 4.98 Å². The topological polar surface area (TPSA) is 77.8 Å². The van der Waals surface area contributed by atoms with E-state index < -0.39 is 0 Å². The molecule has 2 rings (SSSR count). The van der Waals surface area contributed by atoms with Crippen LogP contribution in [0, 0.1) is 6.92 Å². The van der Waals surface area contributed by atoms with Crippen molar-refractivity contribution in [2.75, 3.05) is 6.54 Å². The molecular weight excluding hydrogens is 224 g/mol. The molecule has 0 aliphatic rings. The molecule has 0 radical (unpaired) electrons. The summed E-state index contributed by atoms with van der Waals surface area (Å²) in [7, 11) is 0. The molecule has 2 aromatic heterocycles. The van der Waals surface area contributed by atoms with Crippen LogP contribution in [0.15, 0.2) is 9.90 Å². The van der Waals surface area contributed by atoms with Crippen molar-refractivity contribution in [3.8, 4) is 0 Å². The zero-order chi connectivity index (χ0) is 11.5. The molecule has 0 fully saturated rings. The van der Waals surface area contributed by atoms with Gasteiger partial charge in [-0.15, -0.1) is 11.3 Å². The first-order valence-corrected chi connectivity index (χ1v) is 6.00. The van der Waals surface area contributed by atoms with E-state index >= 15 is 0 Å². The number of hydrogen-bond donors (Lipinski definition) is 1. The van der Waals surface area contributed by atoms with Crippen LogP contribution in [0.2, 0.25) is 0 Å². The molecule has 5 nitrogen and oxygen atoms in total. The summed E-state index contributed by atoms with van der Waals surface area (Å²) in [6.45, 7) is 4.45. The largest absolute Gasteiger partial charge is 0.339 e. The SMILES string of the molecule is Cc1nc(Cc2noc(C(C)CN)n2)cs1. The molecule has 0 aliphatic carbocycles. The van der Waals surface area contributed by atoms with Crippen LogP contribution in [0.1, 0.15) is 35.3 Å². The highest BCUT2D eigenvalue weighted by Crippen LogP contribution is 2.14. The van der Waals surface area contributed by atoms with Gasteiger partial charge in [-0.1, -0.05) is 12.1 Å². The standard InChI is InChI=1S/C10H14N4OS/c1-6(4-11)10-13-9(14-15-10)3-8-5-16-7(2)12-8/h5-6H,3-4,11H2,1-2H3. The number of hydrogen-bond acceptors (Lipinski definition) is 6. The van der Waals surface area contributed by atoms with Gasteiger partial charge in [0.2, 0.25) is 5.89 Å². The second-order valence-electron chi connectivity index (χ2n) is 3.72. The maximum atomic E-state index is 5.53. The molecule has 2 N–H and O–H groups in total. The number of rotatable bonds is 4. The van der Waals surface area contributed by atoms with Gasteiger partial charge in [0.05, 0.1) is 17.1 Å². The van der Waals surface area contributed by atoms with Crippen LogP contribution in [-0.2, 0) is 6.42 Å². The Bertz CT molecular complexity index is 465. The van der Waals surface area contributed by atoms with Gasteiger partial charge in [-0.3, -0.25) is 0 Å². The van der Waals surface area contributed by atoms with E-state index in [1.54, 1.807) is 11.3 Å². The third kappa shape index (κ3) is 2.45. The molecule has 0 aliphatic heterocycles. The van der Waals surface area contributed by atoms with Gasteiger partial charge in [0, 0.05) is 17.8 Å². The fourth-order valence-electron chi connectivity index (χ4n) is 1.29. The third-order valence-corrected chi connectivity index (χ3v) is 3.09. The van der Waals surface area contributed by atoms with E-state index in [1.165, 1.54) is 0 Å². The molecule has 0 saturated carbocycles. The second-order valence-corrected chi connectivity index (χ2v) is 4.78. The van der Waals surface area contributed by atoms with Crippen molar-refractivity contribution in [1.29, 1.82) is 0 Å². The number of aromatic nitrogens is 3. The minimum Gasteiger partial charge on any atom is -0.339 e. The van der Waals surface area contributed by atoms with Gasteiger partial charge >= 0.3 is 0 Å². The van der Waals surface area contributed by atoms with Crippen LogP contribution in [0.4, 0.5) is 0 Å². The molecule has 0 amide bonds. The first-order chi connectivity index (χ1) is 7.69. The van der Waals surface area contributed by atoms with Gasteiger partial charge in [0.15, 0.2) is 5.82 Å². The maximum Gasteiger partial charge on any atom is 0.230 e. The highest BCUT2D eigenvalue weighted by atomic mass is 32.1. The quantitative estimate of drug-likeness (QED) is 0.873. The second kappa shape index (κ2) is 4.71. The Morgan fingerprint density at radius 2 is 2.31 bits per heavy atom. The summed E-state index contributed by atoms with van der Waals surface area (Å²) in [6.07, 6.45) is 0.616. The monoisotopic (exact) mass is 238 g/mol. The predicted octanol–water partition coefficient (Wildman–Crippen LogP) is 1.49. The normalized spacial score (nSPS) is 12.9. The first-order valence-electron chi connectivity index (χ1n) is 5.12. The highest BCUT2D eigenvalue weighted by Gasteiger charge is 2.13. The highest BCUT2D eigenvalue weighted by molar-refractivity contribution is 7.09. The lowest BCUT2D eigenvalue weighted by Crippen LogP contribution is -2.09. The van der Waals surface area contributed by atoms with Crippen LogP contribution < -0.4 is 5.73 Å². The molecule has 0 saturated heterocycles. The fourth-order valence-corrected chi connectivity index (χ4v) is 1.90. The minimum atomic E-state index is 0.110. The van der Waals surface area contributed by atoms with Crippen LogP contribution >= 0.6 is 11.3 Å². The van der Waals surface area contributed by atoms with E-state index in [2.05, 4.69) is 15.1 Å². The van der Waals surface area contributed by atoms with E-state index in [0.717, 1.165) is 10.7 Å². The van der Waals surface area contributed by atoms with Crippen molar-refractivity contribution in [3.63, 3.8) is 0 Å². The summed E-state index contributed by atoms with van der Waals surface area (Å²) in [5, 5.41) is 6.97. The Labute approximate surface area is 97.7 Å². The summed E-state index contributed by atoms with van der Waals surface area (Å²) in [5.74, 6) is 1.38. The van der Waals surface area contributed by atoms with Gasteiger partial charge in [0.25, 0.3) is 0 Å². The lowest BCUT2D eigenvalue weighted by molar-refractivity contribution is 0.357. The van der Waals surface area contributed by atoms with Crippen molar-refractivity contribution < 1.29 is 4.52 Å². The van der Waals surface area contributed by atoms with Crippen LogP contribution in [0.5, 0.6) is 0 Å². The van der Waals surface area contributed by atoms with E-state index in [9.17, 15) is 0 Å². The van der Waals surface area contributed by atoms with Crippen molar-refractivity contribution >= 4 is 11.3 Å². The van der Waals surface area contributed by atoms with Gasteiger partial charge in [-0.2, -0.15) is 4.98 Å². The fraction of sp³-hybridized carbons (Fsp3) is 0.500. The Kier molecular flexibility index (Phi) is 3.31. The first kappa shape index (κ1) is 11.2. The number of thiazole rings is 1. The Hall–Kier alpha value is -1.27. The van der Waals surface area contributed by atoms with E-state index in [-0.39, 0.29) is 5.92 Å². The van der Waals surface area contributed by atoms with Crippen molar-refractivity contribution in [2.45, 2.75) is 26.2 Å². The van der Waals surface area contributed by atoms with E-state index in [0.29, 0.717) is 24.7 Å². The number of nitrogens with two attached hydrogens (primary N) is 1. The summed E-state index contributed by atoms with van der Waals surface area (Å²) in [6, 6.07) is 0. The Morgan fingerprint density at radius 1 is 1.50 bits per heavy atom. The smallest absolute Gasteiger partial charge is 0.230 e. The lowest BCUT2D eigenvalue weighted by atomic mass is 10.2. The predicted molar refractivity (Wildman–Crippen MR) is 61.4 cm³/mol. The Morgan fingerprint density at radius 3 is 2.94 bits per heavy atom. The van der Waals surface area contributed by atoms with Gasteiger partial charge in [-0.05, 0) is 6.92 Å². The maximum absolute atomic E-state index is 5.53. The molecule has 0 aromatic carbocycles. The van der Waals surface area contributed by atoms with Crippen molar-refractivity contribution in [1.82, 2.24) is 15.1 Å². The lowest BCUT2D eigenvalue weighted by Gasteiger charge is -1.98.